The third-order valence-corrected chi connectivity index (χ3v) is 3.57. The van der Waals surface area contributed by atoms with Crippen molar-refractivity contribution in [2.75, 3.05) is 20.6 Å². The first-order valence-electron chi connectivity index (χ1n) is 6.90. The minimum Gasteiger partial charge on any atom is -0.508 e. The van der Waals surface area contributed by atoms with Gasteiger partial charge in [0.15, 0.2) is 0 Å². The van der Waals surface area contributed by atoms with E-state index in [4.69, 9.17) is 4.42 Å². The summed E-state index contributed by atoms with van der Waals surface area (Å²) in [6, 6.07) is 7.65. The molecule has 0 aliphatic carbocycles. The molecule has 0 saturated heterocycles. The fraction of sp³-hybridized carbons (Fsp3) is 0.375. The fourth-order valence-electron chi connectivity index (χ4n) is 2.29. The largest absolute Gasteiger partial charge is 0.508 e. The van der Waals surface area contributed by atoms with Crippen molar-refractivity contribution in [3.8, 4) is 5.75 Å². The van der Waals surface area contributed by atoms with Gasteiger partial charge in [0.1, 0.15) is 17.3 Å². The summed E-state index contributed by atoms with van der Waals surface area (Å²) in [7, 11) is 3.94. The number of hydrogen-bond acceptors (Lipinski definition) is 4. The maximum Gasteiger partial charge on any atom is 0.123 e. The number of aromatic hydroxyl groups is 1. The summed E-state index contributed by atoms with van der Waals surface area (Å²) in [5, 5.41) is 13.1. The number of benzene rings is 1. The minimum atomic E-state index is -0.355. The summed E-state index contributed by atoms with van der Waals surface area (Å²) in [6.45, 7) is 2.51. The Morgan fingerprint density at radius 1 is 1.33 bits per heavy atom. The highest BCUT2D eigenvalue weighted by atomic mass is 19.1. The first-order chi connectivity index (χ1) is 9.99. The lowest BCUT2D eigenvalue weighted by atomic mass is 10.1. The van der Waals surface area contributed by atoms with Crippen LogP contribution in [0.2, 0.25) is 0 Å². The number of nitrogens with zero attached hydrogens (tertiary/aromatic N) is 1. The van der Waals surface area contributed by atoms with Gasteiger partial charge in [-0.05, 0) is 51.4 Å². The van der Waals surface area contributed by atoms with Crippen molar-refractivity contribution in [1.82, 2.24) is 10.2 Å². The molecule has 1 aromatic carbocycles. The van der Waals surface area contributed by atoms with Crippen LogP contribution in [0, 0.1) is 5.82 Å². The number of nitrogens with one attached hydrogen (secondary N) is 1. The fourth-order valence-corrected chi connectivity index (χ4v) is 2.29. The molecule has 1 aromatic heterocycles. The van der Waals surface area contributed by atoms with E-state index in [0.29, 0.717) is 12.1 Å². The summed E-state index contributed by atoms with van der Waals surface area (Å²) in [5.74, 6) is 0.602. The predicted molar refractivity (Wildman–Crippen MR) is 79.6 cm³/mol. The third kappa shape index (κ3) is 3.83. The molecule has 0 spiro atoms. The van der Waals surface area contributed by atoms with Crippen molar-refractivity contribution in [1.29, 1.82) is 0 Å². The molecule has 2 atom stereocenters. The summed E-state index contributed by atoms with van der Waals surface area (Å²) in [6.07, 6.45) is 1.65. The Morgan fingerprint density at radius 3 is 2.71 bits per heavy atom. The molecule has 114 valence electrons. The van der Waals surface area contributed by atoms with Crippen LogP contribution in [0.15, 0.2) is 41.0 Å². The Morgan fingerprint density at radius 2 is 2.10 bits per heavy atom. The van der Waals surface area contributed by atoms with E-state index in [2.05, 4.69) is 5.32 Å². The molecule has 0 radical (unpaired) electrons. The molecule has 0 aliphatic heterocycles. The second-order valence-electron chi connectivity index (χ2n) is 5.33. The van der Waals surface area contributed by atoms with Gasteiger partial charge < -0.3 is 14.8 Å². The molecule has 0 bridgehead atoms. The van der Waals surface area contributed by atoms with Gasteiger partial charge in [-0.15, -0.1) is 0 Å². The molecule has 0 saturated carbocycles. The Balaban J connectivity index is 2.05. The molecule has 0 aliphatic rings. The van der Waals surface area contributed by atoms with E-state index < -0.39 is 0 Å². The van der Waals surface area contributed by atoms with Crippen LogP contribution in [0.5, 0.6) is 5.75 Å². The van der Waals surface area contributed by atoms with E-state index in [9.17, 15) is 9.50 Å². The van der Waals surface area contributed by atoms with Gasteiger partial charge >= 0.3 is 0 Å². The zero-order valence-electron chi connectivity index (χ0n) is 12.5. The van der Waals surface area contributed by atoms with Gasteiger partial charge in [0, 0.05) is 18.2 Å². The van der Waals surface area contributed by atoms with Crippen molar-refractivity contribution >= 4 is 0 Å². The molecule has 1 heterocycles. The Bertz CT molecular complexity index is 570. The first kappa shape index (κ1) is 15.5. The predicted octanol–water partition coefficient (Wildman–Crippen LogP) is 3.08. The number of phenolic OH excluding ortho intramolecular Hbond substituents is 1. The number of likely N-dealkylation sites (N-methyl/N-ethyl adjacent to an activating group) is 1. The molecule has 4 nitrogen and oxygen atoms in total. The number of furan rings is 1. The quantitative estimate of drug-likeness (QED) is 0.859. The highest BCUT2D eigenvalue weighted by Gasteiger charge is 2.19. The van der Waals surface area contributed by atoms with Crippen molar-refractivity contribution in [3.05, 3.63) is 53.7 Å². The van der Waals surface area contributed by atoms with Crippen LogP contribution < -0.4 is 5.32 Å². The maximum absolute atomic E-state index is 13.3. The number of hydrogen-bond donors (Lipinski definition) is 2. The van der Waals surface area contributed by atoms with Crippen molar-refractivity contribution in [3.63, 3.8) is 0 Å². The highest BCUT2D eigenvalue weighted by molar-refractivity contribution is 5.34. The van der Waals surface area contributed by atoms with Gasteiger partial charge in [-0.2, -0.15) is 0 Å². The van der Waals surface area contributed by atoms with Crippen LogP contribution in [0.25, 0.3) is 0 Å². The topological polar surface area (TPSA) is 48.6 Å². The second-order valence-corrected chi connectivity index (χ2v) is 5.33. The van der Waals surface area contributed by atoms with E-state index in [1.807, 2.05) is 38.1 Å². The van der Waals surface area contributed by atoms with Crippen LogP contribution in [0.1, 0.15) is 30.3 Å². The SMILES string of the molecule is CC(NCC(c1ccco1)N(C)C)c1cc(F)ccc1O. The highest BCUT2D eigenvalue weighted by Crippen LogP contribution is 2.26. The smallest absolute Gasteiger partial charge is 0.123 e. The molecular formula is C16H21FN2O2. The van der Waals surface area contributed by atoms with E-state index >= 15 is 0 Å². The molecule has 0 fully saturated rings. The second kappa shape index (κ2) is 6.74. The van der Waals surface area contributed by atoms with Gasteiger partial charge in [-0.25, -0.2) is 4.39 Å². The van der Waals surface area contributed by atoms with Crippen molar-refractivity contribution in [2.24, 2.45) is 0 Å². The lowest BCUT2D eigenvalue weighted by Crippen LogP contribution is -2.32. The summed E-state index contributed by atoms with van der Waals surface area (Å²) in [4.78, 5) is 2.05. The van der Waals surface area contributed by atoms with Gasteiger partial charge in [0.2, 0.25) is 0 Å². The maximum atomic E-state index is 13.3. The Kier molecular flexibility index (Phi) is 4.98. The Labute approximate surface area is 124 Å². The molecule has 0 amide bonds. The average molecular weight is 292 g/mol. The van der Waals surface area contributed by atoms with Crippen LogP contribution in [0.4, 0.5) is 4.39 Å². The molecule has 2 unspecified atom stereocenters. The van der Waals surface area contributed by atoms with Crippen LogP contribution in [0.3, 0.4) is 0 Å². The molecule has 5 heteroatoms. The molecule has 2 rings (SSSR count). The molecule has 2 aromatic rings. The summed E-state index contributed by atoms with van der Waals surface area (Å²) in [5.41, 5.74) is 0.548. The molecular weight excluding hydrogens is 271 g/mol. The standard InChI is InChI=1S/C16H21FN2O2/c1-11(13-9-12(17)6-7-15(13)20)18-10-14(19(2)3)16-5-4-8-21-16/h4-9,11,14,18,20H,10H2,1-3H3. The van der Waals surface area contributed by atoms with Gasteiger partial charge in [0.05, 0.1) is 12.3 Å². The minimum absolute atomic E-state index is 0.0677. The van der Waals surface area contributed by atoms with Crippen molar-refractivity contribution in [2.45, 2.75) is 19.0 Å². The van der Waals surface area contributed by atoms with Gasteiger partial charge in [-0.3, -0.25) is 4.90 Å². The van der Waals surface area contributed by atoms with E-state index in [0.717, 1.165) is 5.76 Å². The normalized spacial score (nSPS) is 14.3. The van der Waals surface area contributed by atoms with E-state index in [-0.39, 0.29) is 23.7 Å². The van der Waals surface area contributed by atoms with Crippen LogP contribution in [-0.4, -0.2) is 30.6 Å². The average Bonchev–Trinajstić information content (AvgIpc) is 2.95. The molecule has 2 N–H and O–H groups in total. The number of halogens is 1. The van der Waals surface area contributed by atoms with Crippen LogP contribution in [-0.2, 0) is 0 Å². The van der Waals surface area contributed by atoms with E-state index in [1.165, 1.54) is 18.2 Å². The number of phenols is 1. The monoisotopic (exact) mass is 292 g/mol. The third-order valence-electron chi connectivity index (χ3n) is 3.57. The van der Waals surface area contributed by atoms with Gasteiger partial charge in [-0.1, -0.05) is 0 Å². The lowest BCUT2D eigenvalue weighted by Gasteiger charge is -2.25. The zero-order chi connectivity index (χ0) is 15.4. The number of rotatable bonds is 6. The molecule has 21 heavy (non-hydrogen) atoms. The lowest BCUT2D eigenvalue weighted by molar-refractivity contribution is 0.245. The van der Waals surface area contributed by atoms with Crippen LogP contribution >= 0.6 is 0 Å². The first-order valence-corrected chi connectivity index (χ1v) is 6.90. The Hall–Kier alpha value is -1.85. The van der Waals surface area contributed by atoms with Crippen molar-refractivity contribution < 1.29 is 13.9 Å². The zero-order valence-corrected chi connectivity index (χ0v) is 12.5. The summed E-state index contributed by atoms with van der Waals surface area (Å²) < 4.78 is 18.7. The van der Waals surface area contributed by atoms with E-state index in [1.54, 1.807) is 6.26 Å². The van der Waals surface area contributed by atoms with Gasteiger partial charge in [0.25, 0.3) is 0 Å². The summed E-state index contributed by atoms with van der Waals surface area (Å²) >= 11 is 0.